The van der Waals surface area contributed by atoms with Crippen LogP contribution in [0.25, 0.3) is 6.08 Å². The number of likely N-dealkylation sites (tertiary alicyclic amines) is 1. The molecule has 0 N–H and O–H groups in total. The lowest BCUT2D eigenvalue weighted by Crippen LogP contribution is -2.49. The maximum Gasteiger partial charge on any atom is 0.270 e. The minimum Gasteiger partial charge on any atom is -0.376 e. The van der Waals surface area contributed by atoms with Crippen LogP contribution in [0, 0.1) is 22.0 Å². The number of imide groups is 1. The minimum atomic E-state index is -0.955. The molecule has 4 aliphatic rings. The number of amides is 2. The summed E-state index contributed by atoms with van der Waals surface area (Å²) in [5, 5.41) is 11.3. The van der Waals surface area contributed by atoms with Gasteiger partial charge in [0.15, 0.2) is 5.78 Å². The first kappa shape index (κ1) is 21.7. The zero-order chi connectivity index (χ0) is 24.3. The summed E-state index contributed by atoms with van der Waals surface area (Å²) in [5.74, 6) is -2.66. The summed E-state index contributed by atoms with van der Waals surface area (Å²) in [6, 6.07) is 11.7. The van der Waals surface area contributed by atoms with Gasteiger partial charge in [-0.2, -0.15) is 0 Å². The number of nitro benzene ring substituents is 1. The Balaban J connectivity index is 1.44. The average molecular weight is 473 g/mol. The van der Waals surface area contributed by atoms with Gasteiger partial charge >= 0.3 is 0 Å². The Kier molecular flexibility index (Phi) is 5.03. The third-order valence-electron chi connectivity index (χ3n) is 7.53. The molecule has 35 heavy (non-hydrogen) atoms. The van der Waals surface area contributed by atoms with E-state index in [0.29, 0.717) is 6.61 Å². The monoisotopic (exact) mass is 473 g/mol. The van der Waals surface area contributed by atoms with Crippen LogP contribution in [-0.2, 0) is 14.3 Å². The quantitative estimate of drug-likeness (QED) is 0.284. The number of ketones is 1. The number of ether oxygens (including phenoxy) is 1. The number of rotatable bonds is 5. The molecule has 0 aromatic heterocycles. The molecule has 178 valence electrons. The van der Waals surface area contributed by atoms with Gasteiger partial charge in [0, 0.05) is 30.0 Å². The minimum absolute atomic E-state index is 0.147. The predicted octanol–water partition coefficient (Wildman–Crippen LogP) is 2.84. The van der Waals surface area contributed by atoms with Crippen molar-refractivity contribution in [3.8, 4) is 0 Å². The zero-order valence-electron chi connectivity index (χ0n) is 18.8. The largest absolute Gasteiger partial charge is 0.376 e. The Bertz CT molecular complexity index is 1280. The first-order valence-electron chi connectivity index (χ1n) is 11.8. The number of carbonyl (C=O) groups is 3. The lowest BCUT2D eigenvalue weighted by atomic mass is 9.86. The smallest absolute Gasteiger partial charge is 0.270 e. The van der Waals surface area contributed by atoms with Gasteiger partial charge in [0.25, 0.3) is 5.69 Å². The topological polar surface area (TPSA) is 110 Å². The van der Waals surface area contributed by atoms with Crippen molar-refractivity contribution >= 4 is 35.0 Å². The van der Waals surface area contributed by atoms with Crippen LogP contribution < -0.4 is 4.90 Å². The number of hydrogen-bond donors (Lipinski definition) is 0. The molecule has 0 spiro atoms. The number of non-ortho nitro benzene ring substituents is 1. The molecular formula is C26H23N3O6. The van der Waals surface area contributed by atoms with E-state index in [4.69, 9.17) is 4.74 Å². The molecule has 0 bridgehead atoms. The number of hydrogen-bond acceptors (Lipinski definition) is 7. The molecule has 2 aromatic carbocycles. The van der Waals surface area contributed by atoms with E-state index in [2.05, 4.69) is 0 Å². The van der Waals surface area contributed by atoms with Gasteiger partial charge < -0.3 is 9.64 Å². The van der Waals surface area contributed by atoms with E-state index in [1.807, 2.05) is 41.3 Å². The molecule has 0 radical (unpaired) electrons. The highest BCUT2D eigenvalue weighted by atomic mass is 16.6. The Hall–Kier alpha value is -3.85. The maximum atomic E-state index is 13.9. The van der Waals surface area contributed by atoms with Gasteiger partial charge in [-0.25, -0.2) is 0 Å². The Morgan fingerprint density at radius 2 is 1.89 bits per heavy atom. The number of fused-ring (bicyclic) bond motifs is 5. The Labute approximate surface area is 201 Å². The van der Waals surface area contributed by atoms with Crippen molar-refractivity contribution < 1.29 is 24.0 Å². The summed E-state index contributed by atoms with van der Waals surface area (Å²) in [7, 11) is 0. The molecular weight excluding hydrogens is 450 g/mol. The fraction of sp³-hybridized carbons (Fsp3) is 0.346. The highest BCUT2D eigenvalue weighted by molar-refractivity contribution is 6.14. The highest BCUT2D eigenvalue weighted by Crippen LogP contribution is 2.49. The van der Waals surface area contributed by atoms with Crippen LogP contribution in [0.3, 0.4) is 0 Å². The second-order valence-corrected chi connectivity index (χ2v) is 9.41. The van der Waals surface area contributed by atoms with Gasteiger partial charge in [0.2, 0.25) is 11.8 Å². The lowest BCUT2D eigenvalue weighted by Gasteiger charge is -2.36. The number of nitrogens with zero attached hydrogens (tertiary/aromatic N) is 3. The number of nitro groups is 1. The van der Waals surface area contributed by atoms with E-state index < -0.39 is 34.6 Å². The van der Waals surface area contributed by atoms with Crippen LogP contribution in [0.1, 0.15) is 28.8 Å². The first-order valence-corrected chi connectivity index (χ1v) is 11.8. The summed E-state index contributed by atoms with van der Waals surface area (Å²) < 4.78 is 5.66. The molecule has 2 amide bonds. The zero-order valence-corrected chi connectivity index (χ0v) is 18.8. The molecule has 6 rings (SSSR count). The third-order valence-corrected chi connectivity index (χ3v) is 7.53. The van der Waals surface area contributed by atoms with Crippen LogP contribution >= 0.6 is 0 Å². The lowest BCUT2D eigenvalue weighted by molar-refractivity contribution is -0.384. The molecule has 3 saturated heterocycles. The van der Waals surface area contributed by atoms with Gasteiger partial charge in [0.1, 0.15) is 6.04 Å². The molecule has 4 aliphatic heterocycles. The van der Waals surface area contributed by atoms with E-state index in [1.165, 1.54) is 29.2 Å². The molecule has 9 heteroatoms. The van der Waals surface area contributed by atoms with E-state index in [-0.39, 0.29) is 35.7 Å². The molecule has 5 unspecified atom stereocenters. The Morgan fingerprint density at radius 1 is 1.09 bits per heavy atom. The van der Waals surface area contributed by atoms with E-state index >= 15 is 0 Å². The van der Waals surface area contributed by atoms with Crippen LogP contribution in [0.15, 0.2) is 54.6 Å². The van der Waals surface area contributed by atoms with Crippen LogP contribution in [-0.4, -0.2) is 58.8 Å². The van der Waals surface area contributed by atoms with Crippen LogP contribution in [0.2, 0.25) is 0 Å². The number of carbonyl (C=O) groups excluding carboxylic acids is 3. The SMILES string of the molecule is O=C(c1cccc([N+](=O)[O-])c1)C1C2C(=O)N(CC3CCCO3)C(=O)C2C2C=Cc3ccccc3N21. The average Bonchev–Trinajstić information content (AvgIpc) is 3.57. The molecule has 2 aromatic rings. The maximum absolute atomic E-state index is 13.9. The van der Waals surface area contributed by atoms with Gasteiger partial charge in [-0.05, 0) is 24.5 Å². The first-order chi connectivity index (χ1) is 17.0. The summed E-state index contributed by atoms with van der Waals surface area (Å²) in [6.07, 6.45) is 5.30. The van der Waals surface area contributed by atoms with Gasteiger partial charge in [0.05, 0.1) is 35.4 Å². The van der Waals surface area contributed by atoms with Crippen molar-refractivity contribution in [2.75, 3.05) is 18.1 Å². The fourth-order valence-electron chi connectivity index (χ4n) is 5.99. The normalized spacial score (nSPS) is 28.7. The van der Waals surface area contributed by atoms with Crippen LogP contribution in [0.5, 0.6) is 0 Å². The predicted molar refractivity (Wildman–Crippen MR) is 126 cm³/mol. The van der Waals surface area contributed by atoms with Crippen molar-refractivity contribution in [1.82, 2.24) is 4.90 Å². The molecule has 4 heterocycles. The Morgan fingerprint density at radius 3 is 2.66 bits per heavy atom. The molecule has 0 aliphatic carbocycles. The summed E-state index contributed by atoms with van der Waals surface area (Å²) in [5.41, 5.74) is 1.60. The molecule has 9 nitrogen and oxygen atoms in total. The number of benzene rings is 2. The van der Waals surface area contributed by atoms with Crippen molar-refractivity contribution in [2.45, 2.75) is 31.0 Å². The fourth-order valence-corrected chi connectivity index (χ4v) is 5.99. The number of anilines is 1. The van der Waals surface area contributed by atoms with Crippen molar-refractivity contribution in [3.63, 3.8) is 0 Å². The van der Waals surface area contributed by atoms with Gasteiger partial charge in [-0.1, -0.05) is 42.5 Å². The summed E-state index contributed by atoms with van der Waals surface area (Å²) >= 11 is 0. The van der Waals surface area contributed by atoms with E-state index in [9.17, 15) is 24.5 Å². The third kappa shape index (κ3) is 3.30. The van der Waals surface area contributed by atoms with E-state index in [0.717, 1.165) is 24.1 Å². The molecule has 0 saturated carbocycles. The second kappa shape index (κ2) is 8.13. The summed E-state index contributed by atoms with van der Waals surface area (Å²) in [6.45, 7) is 0.799. The standard InChI is InChI=1S/C26H23N3O6/c30-24(16-6-3-7-17(13-16)29(33)34)23-22-21(20-11-10-15-5-1-2-9-19(15)28(20)23)25(31)27(26(22)32)14-18-8-4-12-35-18/h1-3,5-7,9-11,13,18,20-23H,4,8,12,14H2. The summed E-state index contributed by atoms with van der Waals surface area (Å²) in [4.78, 5) is 55.1. The van der Waals surface area contributed by atoms with Crippen molar-refractivity contribution in [3.05, 3.63) is 75.8 Å². The van der Waals surface area contributed by atoms with E-state index in [1.54, 1.807) is 0 Å². The molecule has 5 atom stereocenters. The van der Waals surface area contributed by atoms with Gasteiger partial charge in [-0.3, -0.25) is 29.4 Å². The van der Waals surface area contributed by atoms with Gasteiger partial charge in [-0.15, -0.1) is 0 Å². The number of para-hydroxylation sites is 1. The second-order valence-electron chi connectivity index (χ2n) is 9.41. The van der Waals surface area contributed by atoms with Crippen molar-refractivity contribution in [1.29, 1.82) is 0 Å². The highest BCUT2D eigenvalue weighted by Gasteiger charge is 2.64. The number of Topliss-reactive ketones (excluding diaryl/α,β-unsaturated/α-hetero) is 1. The van der Waals surface area contributed by atoms with Crippen molar-refractivity contribution in [2.24, 2.45) is 11.8 Å². The molecule has 3 fully saturated rings. The van der Waals surface area contributed by atoms with Crippen LogP contribution in [0.4, 0.5) is 11.4 Å².